The number of rotatable bonds is 7. The molecule has 0 saturated carbocycles. The van der Waals surface area contributed by atoms with E-state index in [1.54, 1.807) is 0 Å². The van der Waals surface area contributed by atoms with Gasteiger partial charge in [-0.2, -0.15) is 0 Å². The van der Waals surface area contributed by atoms with Gasteiger partial charge in [-0.25, -0.2) is 0 Å². The monoisotopic (exact) mass is 729 g/mol. The number of benzene rings is 9. The van der Waals surface area contributed by atoms with Gasteiger partial charge in [-0.3, -0.25) is 0 Å². The summed E-state index contributed by atoms with van der Waals surface area (Å²) < 4.78 is 12.9. The molecule has 0 bridgehead atoms. The molecule has 268 valence electrons. The fourth-order valence-corrected chi connectivity index (χ4v) is 8.32. The molecule has 0 N–H and O–H groups in total. The van der Waals surface area contributed by atoms with Crippen LogP contribution in [0.1, 0.15) is 0 Å². The van der Waals surface area contributed by atoms with E-state index in [2.05, 4.69) is 199 Å². The minimum atomic E-state index is 0.861. The number of anilines is 3. The van der Waals surface area contributed by atoms with E-state index in [-0.39, 0.29) is 0 Å². The molecule has 0 aliphatic carbocycles. The summed E-state index contributed by atoms with van der Waals surface area (Å²) in [6, 6.07) is 75.1. The van der Waals surface area contributed by atoms with Crippen molar-refractivity contribution in [3.8, 4) is 44.5 Å². The van der Waals surface area contributed by atoms with E-state index in [1.165, 1.54) is 22.3 Å². The molecule has 0 saturated heterocycles. The SMILES string of the molecule is c1ccc(-c2ccccc2-c2ccc(N(c3ccc(-c4ccc5oc6c(-c7ccccc7)cccc6c5c4)cc3)c3ccc4c(c3)oc3ccccc34)cc2)cc1. The molecule has 3 heteroatoms. The molecule has 0 aliphatic rings. The number of fused-ring (bicyclic) bond motifs is 6. The molecular formula is C54H35NO2. The number of hydrogen-bond acceptors (Lipinski definition) is 3. The maximum Gasteiger partial charge on any atom is 0.143 e. The second-order valence-corrected chi connectivity index (χ2v) is 14.5. The topological polar surface area (TPSA) is 29.5 Å². The summed E-state index contributed by atoms with van der Waals surface area (Å²) in [5.41, 5.74) is 16.0. The highest BCUT2D eigenvalue weighted by Crippen LogP contribution is 2.42. The highest BCUT2D eigenvalue weighted by Gasteiger charge is 2.18. The summed E-state index contributed by atoms with van der Waals surface area (Å²) in [7, 11) is 0. The van der Waals surface area contributed by atoms with Gasteiger partial charge in [0, 0.05) is 50.2 Å². The van der Waals surface area contributed by atoms with Crippen LogP contribution in [0.4, 0.5) is 17.1 Å². The smallest absolute Gasteiger partial charge is 0.143 e. The van der Waals surface area contributed by atoms with Crippen molar-refractivity contribution in [2.45, 2.75) is 0 Å². The Hall–Kier alpha value is -7.62. The van der Waals surface area contributed by atoms with Crippen LogP contribution in [-0.2, 0) is 0 Å². The van der Waals surface area contributed by atoms with Crippen LogP contribution in [-0.4, -0.2) is 0 Å². The first kappa shape index (κ1) is 32.8. The van der Waals surface area contributed by atoms with Crippen LogP contribution in [0.3, 0.4) is 0 Å². The maximum atomic E-state index is 6.48. The van der Waals surface area contributed by atoms with Crippen molar-refractivity contribution in [2.75, 3.05) is 4.90 Å². The van der Waals surface area contributed by atoms with E-state index < -0.39 is 0 Å². The lowest BCUT2D eigenvalue weighted by Gasteiger charge is -2.26. The van der Waals surface area contributed by atoms with Crippen LogP contribution in [0.25, 0.3) is 88.4 Å². The van der Waals surface area contributed by atoms with Gasteiger partial charge in [0.25, 0.3) is 0 Å². The second-order valence-electron chi connectivity index (χ2n) is 14.5. The summed E-state index contributed by atoms with van der Waals surface area (Å²) in [5.74, 6) is 0. The molecule has 9 aromatic carbocycles. The molecule has 3 nitrogen and oxygen atoms in total. The fourth-order valence-electron chi connectivity index (χ4n) is 8.32. The summed E-state index contributed by atoms with van der Waals surface area (Å²) in [5, 5.41) is 4.46. The Balaban J connectivity index is 0.990. The molecule has 0 unspecified atom stereocenters. The molecular weight excluding hydrogens is 695 g/mol. The summed E-state index contributed by atoms with van der Waals surface area (Å²) in [6.45, 7) is 0. The van der Waals surface area contributed by atoms with Crippen molar-refractivity contribution in [3.05, 3.63) is 212 Å². The predicted octanol–water partition coefficient (Wildman–Crippen LogP) is 15.6. The minimum absolute atomic E-state index is 0.861. The van der Waals surface area contributed by atoms with Crippen molar-refractivity contribution in [3.63, 3.8) is 0 Å². The number of nitrogens with zero attached hydrogens (tertiary/aromatic N) is 1. The average molecular weight is 730 g/mol. The Kier molecular flexibility index (Phi) is 7.82. The Morgan fingerprint density at radius 2 is 0.772 bits per heavy atom. The molecule has 0 atom stereocenters. The molecule has 11 rings (SSSR count). The van der Waals surface area contributed by atoms with Gasteiger partial charge in [0.05, 0.1) is 0 Å². The third-order valence-electron chi connectivity index (χ3n) is 11.1. The van der Waals surface area contributed by atoms with E-state index in [4.69, 9.17) is 8.83 Å². The standard InChI is InChI=1S/C54H35NO2/c1-3-12-37(13-4-1)44-16-7-8-17-45(44)39-24-29-42(30-25-39)55(43-31-32-48-47-18-9-10-21-51(47)56-53(48)35-43)41-27-22-36(23-28-41)40-26-33-52-50(34-40)49-20-11-19-46(54(49)57-52)38-14-5-2-6-15-38/h1-35H. The lowest BCUT2D eigenvalue weighted by atomic mass is 9.94. The van der Waals surface area contributed by atoms with Crippen molar-refractivity contribution in [1.29, 1.82) is 0 Å². The molecule has 11 aromatic rings. The zero-order valence-electron chi connectivity index (χ0n) is 31.0. The van der Waals surface area contributed by atoms with E-state index in [1.807, 2.05) is 18.2 Å². The van der Waals surface area contributed by atoms with Crippen molar-refractivity contribution in [1.82, 2.24) is 0 Å². The number of hydrogen-bond donors (Lipinski definition) is 0. The summed E-state index contributed by atoms with van der Waals surface area (Å²) >= 11 is 0. The van der Waals surface area contributed by atoms with E-state index in [0.717, 1.165) is 83.2 Å². The quantitative estimate of drug-likeness (QED) is 0.164. The zero-order valence-corrected chi connectivity index (χ0v) is 31.0. The molecule has 0 amide bonds. The third-order valence-corrected chi connectivity index (χ3v) is 11.1. The molecule has 2 aromatic heterocycles. The number of para-hydroxylation sites is 2. The van der Waals surface area contributed by atoms with Gasteiger partial charge in [0.2, 0.25) is 0 Å². The largest absolute Gasteiger partial charge is 0.456 e. The van der Waals surface area contributed by atoms with Gasteiger partial charge in [-0.05, 0) is 93.5 Å². The molecule has 0 fully saturated rings. The van der Waals surface area contributed by atoms with E-state index in [0.29, 0.717) is 0 Å². The maximum absolute atomic E-state index is 6.48. The lowest BCUT2D eigenvalue weighted by Crippen LogP contribution is -2.09. The third kappa shape index (κ3) is 5.76. The van der Waals surface area contributed by atoms with Crippen molar-refractivity contribution in [2.24, 2.45) is 0 Å². The Bertz CT molecular complexity index is 3210. The Morgan fingerprint density at radius 1 is 0.263 bits per heavy atom. The van der Waals surface area contributed by atoms with Crippen LogP contribution in [0.5, 0.6) is 0 Å². The van der Waals surface area contributed by atoms with E-state index >= 15 is 0 Å². The molecule has 0 radical (unpaired) electrons. The van der Waals surface area contributed by atoms with Gasteiger partial charge in [0.15, 0.2) is 0 Å². The Labute approximate surface area is 330 Å². The molecule has 57 heavy (non-hydrogen) atoms. The normalized spacial score (nSPS) is 11.5. The van der Waals surface area contributed by atoms with Crippen LogP contribution in [0.15, 0.2) is 221 Å². The van der Waals surface area contributed by atoms with E-state index in [9.17, 15) is 0 Å². The zero-order chi connectivity index (χ0) is 37.7. The molecule has 0 spiro atoms. The van der Waals surface area contributed by atoms with Gasteiger partial charge in [0.1, 0.15) is 22.3 Å². The van der Waals surface area contributed by atoms with Crippen LogP contribution < -0.4 is 4.90 Å². The highest BCUT2D eigenvalue weighted by atomic mass is 16.3. The van der Waals surface area contributed by atoms with Crippen LogP contribution in [0, 0.1) is 0 Å². The first-order valence-electron chi connectivity index (χ1n) is 19.3. The first-order chi connectivity index (χ1) is 28.2. The molecule has 0 aliphatic heterocycles. The minimum Gasteiger partial charge on any atom is -0.456 e. The first-order valence-corrected chi connectivity index (χ1v) is 19.3. The van der Waals surface area contributed by atoms with Gasteiger partial charge in [-0.1, -0.05) is 152 Å². The lowest BCUT2D eigenvalue weighted by molar-refractivity contribution is 0.669. The Morgan fingerprint density at radius 3 is 1.49 bits per heavy atom. The summed E-state index contributed by atoms with van der Waals surface area (Å²) in [6.07, 6.45) is 0. The van der Waals surface area contributed by atoms with Gasteiger partial charge in [-0.15, -0.1) is 0 Å². The van der Waals surface area contributed by atoms with Crippen molar-refractivity contribution >= 4 is 60.9 Å². The summed E-state index contributed by atoms with van der Waals surface area (Å²) in [4.78, 5) is 2.31. The fraction of sp³-hybridized carbons (Fsp3) is 0. The van der Waals surface area contributed by atoms with Crippen LogP contribution >= 0.6 is 0 Å². The van der Waals surface area contributed by atoms with Gasteiger partial charge >= 0.3 is 0 Å². The van der Waals surface area contributed by atoms with Gasteiger partial charge < -0.3 is 13.7 Å². The second kappa shape index (κ2) is 13.6. The predicted molar refractivity (Wildman–Crippen MR) is 237 cm³/mol. The van der Waals surface area contributed by atoms with Crippen LogP contribution in [0.2, 0.25) is 0 Å². The molecule has 2 heterocycles. The highest BCUT2D eigenvalue weighted by molar-refractivity contribution is 6.11. The number of furan rings is 2. The van der Waals surface area contributed by atoms with Crippen molar-refractivity contribution < 1.29 is 8.83 Å². The average Bonchev–Trinajstić information content (AvgIpc) is 3.85.